The molecule has 2 fully saturated rings. The minimum absolute atomic E-state index is 0.461. The van der Waals surface area contributed by atoms with Crippen molar-refractivity contribution in [2.75, 3.05) is 54.7 Å². The molecule has 1 aliphatic heterocycles. The van der Waals surface area contributed by atoms with Gasteiger partial charge in [0.1, 0.15) is 17.0 Å². The van der Waals surface area contributed by atoms with E-state index >= 15 is 0 Å². The summed E-state index contributed by atoms with van der Waals surface area (Å²) in [6.45, 7) is 5.75. The number of pyridine rings is 1. The van der Waals surface area contributed by atoms with E-state index in [1.807, 2.05) is 23.6 Å². The third kappa shape index (κ3) is 4.90. The normalized spacial score (nSPS) is 18.1. The smallest absolute Gasteiger partial charge is 0.296 e. The van der Waals surface area contributed by atoms with Gasteiger partial charge in [-0.05, 0) is 49.6 Å². The summed E-state index contributed by atoms with van der Waals surface area (Å²) in [4.78, 5) is 0. The summed E-state index contributed by atoms with van der Waals surface area (Å²) >= 11 is 0. The first-order chi connectivity index (χ1) is 18.0. The fourth-order valence-corrected chi connectivity index (χ4v) is 5.92. The van der Waals surface area contributed by atoms with Gasteiger partial charge >= 0.3 is 0 Å². The van der Waals surface area contributed by atoms with Gasteiger partial charge in [-0.1, -0.05) is 6.07 Å². The van der Waals surface area contributed by atoms with Gasteiger partial charge in [0.25, 0.3) is 5.88 Å². The standard InChI is InChI=1S/C29H40N3O5/c1-6-37-29-28(32(2,18-20-10-11-20)22-12-14-36-15-13-22)24-9-7-8-23(31(24)30-29)27-25(34-4)16-21(19-33-3)17-26(27)35-5/h7-9,16-17,20,22H,6,10-15,18-19H2,1-5H3/q+1. The summed E-state index contributed by atoms with van der Waals surface area (Å²) in [6, 6.07) is 10.8. The SMILES string of the molecule is CCOc1nn2c(-c3c(OC)cc(COC)cc3OC)cccc2c1[N+](C)(CC1CC1)C1CCOCC1. The molecule has 5 rings (SSSR count). The Morgan fingerprint density at radius 2 is 1.73 bits per heavy atom. The van der Waals surface area contributed by atoms with Crippen LogP contribution in [0, 0.1) is 5.92 Å². The van der Waals surface area contributed by atoms with Crippen molar-refractivity contribution in [2.45, 2.75) is 45.3 Å². The lowest BCUT2D eigenvalue weighted by atomic mass is 10.0. The Labute approximate surface area is 219 Å². The number of ether oxygens (including phenoxy) is 5. The van der Waals surface area contributed by atoms with E-state index in [4.69, 9.17) is 28.8 Å². The van der Waals surface area contributed by atoms with Crippen molar-refractivity contribution in [1.29, 1.82) is 0 Å². The molecule has 1 atom stereocenters. The van der Waals surface area contributed by atoms with Crippen LogP contribution in [0.3, 0.4) is 0 Å². The molecule has 1 saturated heterocycles. The zero-order valence-electron chi connectivity index (χ0n) is 22.8. The Balaban J connectivity index is 1.73. The van der Waals surface area contributed by atoms with Crippen LogP contribution < -0.4 is 18.7 Å². The number of fused-ring (bicyclic) bond motifs is 1. The van der Waals surface area contributed by atoms with Crippen molar-refractivity contribution < 1.29 is 23.7 Å². The molecule has 3 aromatic rings. The highest BCUT2D eigenvalue weighted by molar-refractivity contribution is 5.83. The van der Waals surface area contributed by atoms with E-state index in [9.17, 15) is 0 Å². The average Bonchev–Trinajstić information content (AvgIpc) is 3.65. The maximum absolute atomic E-state index is 6.26. The van der Waals surface area contributed by atoms with Gasteiger partial charge in [0.05, 0.1) is 71.5 Å². The van der Waals surface area contributed by atoms with Crippen LogP contribution >= 0.6 is 0 Å². The Bertz CT molecular complexity index is 1210. The summed E-state index contributed by atoms with van der Waals surface area (Å²) in [5, 5.41) is 5.09. The van der Waals surface area contributed by atoms with E-state index < -0.39 is 0 Å². The lowest BCUT2D eigenvalue weighted by Crippen LogP contribution is -2.56. The highest BCUT2D eigenvalue weighted by Crippen LogP contribution is 2.47. The summed E-state index contributed by atoms with van der Waals surface area (Å²) < 4.78 is 31.9. The van der Waals surface area contributed by atoms with Crippen molar-refractivity contribution in [3.05, 3.63) is 35.9 Å². The topological polar surface area (TPSA) is 63.5 Å². The van der Waals surface area contributed by atoms with Gasteiger partial charge in [-0.25, -0.2) is 4.52 Å². The monoisotopic (exact) mass is 510 g/mol. The summed E-state index contributed by atoms with van der Waals surface area (Å²) in [7, 11) is 7.43. The number of hydrogen-bond acceptors (Lipinski definition) is 6. The fourth-order valence-electron chi connectivity index (χ4n) is 5.92. The van der Waals surface area contributed by atoms with E-state index in [1.54, 1.807) is 21.3 Å². The second-order valence-electron chi connectivity index (χ2n) is 10.3. The number of quaternary nitrogens is 1. The molecular weight excluding hydrogens is 470 g/mol. The van der Waals surface area contributed by atoms with Gasteiger partial charge < -0.3 is 23.7 Å². The first kappa shape index (κ1) is 25.8. The molecule has 0 bridgehead atoms. The quantitative estimate of drug-likeness (QED) is 0.335. The van der Waals surface area contributed by atoms with Gasteiger partial charge in [0.15, 0.2) is 0 Å². The maximum atomic E-state index is 6.26. The molecule has 1 saturated carbocycles. The Morgan fingerprint density at radius 1 is 1.03 bits per heavy atom. The molecule has 0 spiro atoms. The van der Waals surface area contributed by atoms with E-state index in [1.165, 1.54) is 12.8 Å². The molecule has 1 aromatic carbocycles. The number of rotatable bonds is 11. The number of nitrogens with zero attached hydrogens (tertiary/aromatic N) is 3. The Morgan fingerprint density at radius 3 is 2.32 bits per heavy atom. The minimum atomic E-state index is 0.461. The van der Waals surface area contributed by atoms with Crippen LogP contribution in [0.1, 0.15) is 38.2 Å². The molecule has 200 valence electrons. The van der Waals surface area contributed by atoms with Crippen molar-refractivity contribution in [2.24, 2.45) is 5.92 Å². The van der Waals surface area contributed by atoms with Crippen molar-refractivity contribution in [3.63, 3.8) is 0 Å². The molecule has 8 heteroatoms. The molecular formula is C29H40N3O5+. The largest absolute Gasteiger partial charge is 0.496 e. The van der Waals surface area contributed by atoms with Gasteiger partial charge in [-0.15, -0.1) is 5.10 Å². The molecule has 8 nitrogen and oxygen atoms in total. The molecule has 37 heavy (non-hydrogen) atoms. The molecule has 2 aliphatic rings. The third-order valence-corrected chi connectivity index (χ3v) is 7.86. The predicted molar refractivity (Wildman–Crippen MR) is 145 cm³/mol. The van der Waals surface area contributed by atoms with Crippen molar-refractivity contribution >= 4 is 11.2 Å². The van der Waals surface area contributed by atoms with Crippen LogP contribution in [0.15, 0.2) is 30.3 Å². The molecule has 1 unspecified atom stereocenters. The minimum Gasteiger partial charge on any atom is -0.496 e. The molecule has 0 N–H and O–H groups in total. The van der Waals surface area contributed by atoms with Gasteiger partial charge in [0.2, 0.25) is 5.69 Å². The molecule has 2 aromatic heterocycles. The second-order valence-corrected chi connectivity index (χ2v) is 10.3. The predicted octanol–water partition coefficient (Wildman–Crippen LogP) is 5.09. The highest BCUT2D eigenvalue weighted by Gasteiger charge is 2.45. The third-order valence-electron chi connectivity index (χ3n) is 7.86. The van der Waals surface area contributed by atoms with Gasteiger partial charge in [-0.2, -0.15) is 0 Å². The number of methoxy groups -OCH3 is 3. The highest BCUT2D eigenvalue weighted by atomic mass is 16.5. The second kappa shape index (κ2) is 10.9. The van der Waals surface area contributed by atoms with E-state index in [0.717, 1.165) is 71.0 Å². The molecule has 0 amide bonds. The molecule has 0 radical (unpaired) electrons. The average molecular weight is 511 g/mol. The lowest BCUT2D eigenvalue weighted by molar-refractivity contribution is 0.0430. The zero-order valence-corrected chi connectivity index (χ0v) is 22.8. The summed E-state index contributed by atoms with van der Waals surface area (Å²) in [6.07, 6.45) is 4.67. The summed E-state index contributed by atoms with van der Waals surface area (Å²) in [5.41, 5.74) is 4.95. The van der Waals surface area contributed by atoms with Crippen LogP contribution in [0.25, 0.3) is 16.8 Å². The van der Waals surface area contributed by atoms with Crippen LogP contribution in [-0.4, -0.2) is 70.4 Å². The number of benzene rings is 1. The maximum Gasteiger partial charge on any atom is 0.296 e. The van der Waals surface area contributed by atoms with E-state index in [0.29, 0.717) is 36.6 Å². The van der Waals surface area contributed by atoms with Crippen LogP contribution in [-0.2, 0) is 16.1 Å². The van der Waals surface area contributed by atoms with Crippen molar-refractivity contribution in [3.8, 4) is 28.6 Å². The van der Waals surface area contributed by atoms with Crippen LogP contribution in [0.4, 0.5) is 5.69 Å². The first-order valence-electron chi connectivity index (χ1n) is 13.4. The van der Waals surface area contributed by atoms with Gasteiger partial charge in [0, 0.05) is 25.9 Å². The van der Waals surface area contributed by atoms with E-state index in [-0.39, 0.29) is 0 Å². The Hall–Kier alpha value is -2.81. The first-order valence-corrected chi connectivity index (χ1v) is 13.4. The van der Waals surface area contributed by atoms with Gasteiger partial charge in [-0.3, -0.25) is 4.48 Å². The van der Waals surface area contributed by atoms with E-state index in [2.05, 4.69) is 25.2 Å². The molecule has 3 heterocycles. The number of aromatic nitrogens is 2. The number of hydrogen-bond donors (Lipinski definition) is 0. The van der Waals surface area contributed by atoms with Crippen molar-refractivity contribution in [1.82, 2.24) is 14.1 Å². The zero-order chi connectivity index (χ0) is 26.0. The van der Waals surface area contributed by atoms with Crippen LogP contribution in [0.2, 0.25) is 0 Å². The lowest BCUT2D eigenvalue weighted by Gasteiger charge is -2.42. The Kier molecular flexibility index (Phi) is 7.60. The molecule has 1 aliphatic carbocycles. The fraction of sp³-hybridized carbons (Fsp3) is 0.552. The summed E-state index contributed by atoms with van der Waals surface area (Å²) in [5.74, 6) is 2.88. The van der Waals surface area contributed by atoms with Crippen LogP contribution in [0.5, 0.6) is 17.4 Å².